The summed E-state index contributed by atoms with van der Waals surface area (Å²) in [7, 11) is 1.55. The number of hydrogen-bond acceptors (Lipinski definition) is 4. The molecule has 2 amide bonds. The van der Waals surface area contributed by atoms with Gasteiger partial charge < -0.3 is 10.6 Å². The number of hydrazine groups is 1. The lowest BCUT2D eigenvalue weighted by atomic mass is 10.0. The fourth-order valence-electron chi connectivity index (χ4n) is 2.81. The van der Waals surface area contributed by atoms with E-state index in [4.69, 9.17) is 11.6 Å². The van der Waals surface area contributed by atoms with E-state index in [0.29, 0.717) is 22.7 Å². The highest BCUT2D eigenvalue weighted by Gasteiger charge is 2.30. The van der Waals surface area contributed by atoms with Crippen molar-refractivity contribution in [2.24, 2.45) is 0 Å². The molecule has 2 aromatic rings. The first-order chi connectivity index (χ1) is 12.1. The van der Waals surface area contributed by atoms with Crippen LogP contribution in [0.4, 0.5) is 5.69 Å². The van der Waals surface area contributed by atoms with E-state index in [-0.39, 0.29) is 17.9 Å². The average molecular weight is 359 g/mol. The van der Waals surface area contributed by atoms with E-state index in [1.807, 2.05) is 24.3 Å². The van der Waals surface area contributed by atoms with Crippen LogP contribution < -0.4 is 21.5 Å². The van der Waals surface area contributed by atoms with Crippen LogP contribution in [0, 0.1) is 0 Å². The van der Waals surface area contributed by atoms with Crippen molar-refractivity contribution in [1.29, 1.82) is 0 Å². The molecule has 4 N–H and O–H groups in total. The van der Waals surface area contributed by atoms with Gasteiger partial charge in [-0.1, -0.05) is 35.9 Å². The first kappa shape index (κ1) is 17.4. The zero-order valence-corrected chi connectivity index (χ0v) is 14.4. The minimum Gasteiger partial charge on any atom is -0.355 e. The van der Waals surface area contributed by atoms with Crippen LogP contribution in [-0.4, -0.2) is 24.9 Å². The third-order valence-corrected chi connectivity index (χ3v) is 4.36. The summed E-state index contributed by atoms with van der Waals surface area (Å²) >= 11 is 6.03. The molecular weight excluding hydrogens is 340 g/mol. The average Bonchev–Trinajstić information content (AvgIpc) is 3.12. The van der Waals surface area contributed by atoms with Crippen LogP contribution in [0.3, 0.4) is 0 Å². The second-order valence-corrected chi connectivity index (χ2v) is 6.23. The summed E-state index contributed by atoms with van der Waals surface area (Å²) in [6, 6.07) is 14.0. The summed E-state index contributed by atoms with van der Waals surface area (Å²) in [5, 5.41) is 6.05. The quantitative estimate of drug-likeness (QED) is 0.675. The van der Waals surface area contributed by atoms with E-state index < -0.39 is 6.04 Å². The summed E-state index contributed by atoms with van der Waals surface area (Å²) in [4.78, 5) is 24.5. The van der Waals surface area contributed by atoms with Gasteiger partial charge in [0, 0.05) is 18.1 Å². The van der Waals surface area contributed by atoms with Gasteiger partial charge in [0.15, 0.2) is 0 Å². The number of anilines is 1. The van der Waals surface area contributed by atoms with Crippen molar-refractivity contribution >= 4 is 29.1 Å². The number of hydrogen-bond donors (Lipinski definition) is 4. The van der Waals surface area contributed by atoms with Crippen LogP contribution in [0.15, 0.2) is 48.5 Å². The highest BCUT2D eigenvalue weighted by atomic mass is 35.5. The fraction of sp³-hybridized carbons (Fsp3) is 0.222. The molecule has 130 valence electrons. The summed E-state index contributed by atoms with van der Waals surface area (Å²) in [5.74, 6) is -0.446. The maximum Gasteiger partial charge on any atom is 0.253 e. The Labute approximate surface area is 150 Å². The number of amides is 2. The van der Waals surface area contributed by atoms with E-state index in [9.17, 15) is 9.59 Å². The summed E-state index contributed by atoms with van der Waals surface area (Å²) in [6.45, 7) is 0. The Bertz CT molecular complexity index is 796. The van der Waals surface area contributed by atoms with Gasteiger partial charge in [0.05, 0.1) is 11.3 Å². The zero-order valence-electron chi connectivity index (χ0n) is 13.7. The Morgan fingerprint density at radius 3 is 2.68 bits per heavy atom. The molecule has 7 heteroatoms. The molecule has 25 heavy (non-hydrogen) atoms. The van der Waals surface area contributed by atoms with Crippen LogP contribution in [0.1, 0.15) is 28.4 Å². The topological polar surface area (TPSA) is 82.3 Å². The Balaban J connectivity index is 1.68. The van der Waals surface area contributed by atoms with Crippen LogP contribution in [0.25, 0.3) is 0 Å². The van der Waals surface area contributed by atoms with Gasteiger partial charge in [-0.15, -0.1) is 0 Å². The minimum absolute atomic E-state index is 0.0105. The lowest BCUT2D eigenvalue weighted by Crippen LogP contribution is -2.40. The SMILES string of the molecule is CNC(=O)c1ccccc1NC(=O)C1CC(c2cccc(Cl)c2)NN1. The monoisotopic (exact) mass is 358 g/mol. The van der Waals surface area contributed by atoms with Gasteiger partial charge in [-0.25, -0.2) is 10.9 Å². The van der Waals surface area contributed by atoms with E-state index >= 15 is 0 Å². The molecule has 0 spiro atoms. The van der Waals surface area contributed by atoms with Gasteiger partial charge in [0.25, 0.3) is 5.91 Å². The summed E-state index contributed by atoms with van der Waals surface area (Å²) < 4.78 is 0. The maximum absolute atomic E-state index is 12.6. The van der Waals surface area contributed by atoms with Crippen molar-refractivity contribution in [3.05, 3.63) is 64.7 Å². The molecule has 1 heterocycles. The predicted octanol–water partition coefficient (Wildman–Crippen LogP) is 2.25. The Kier molecular flexibility index (Phi) is 5.33. The molecule has 2 atom stereocenters. The summed E-state index contributed by atoms with van der Waals surface area (Å²) in [5.41, 5.74) is 8.05. The Hall–Kier alpha value is -2.41. The first-order valence-corrected chi connectivity index (χ1v) is 8.35. The molecule has 1 saturated heterocycles. The van der Waals surface area contributed by atoms with Crippen molar-refractivity contribution in [3.8, 4) is 0 Å². The predicted molar refractivity (Wildman–Crippen MR) is 97.3 cm³/mol. The number of benzene rings is 2. The second kappa shape index (κ2) is 7.65. The molecule has 1 fully saturated rings. The van der Waals surface area contributed by atoms with Gasteiger partial charge in [-0.3, -0.25) is 9.59 Å². The van der Waals surface area contributed by atoms with Crippen LogP contribution in [0.5, 0.6) is 0 Å². The normalized spacial score (nSPS) is 19.4. The third-order valence-electron chi connectivity index (χ3n) is 4.13. The largest absolute Gasteiger partial charge is 0.355 e. The maximum atomic E-state index is 12.6. The minimum atomic E-state index is -0.415. The van der Waals surface area contributed by atoms with Crippen LogP contribution in [0.2, 0.25) is 5.02 Å². The van der Waals surface area contributed by atoms with Crippen LogP contribution in [-0.2, 0) is 4.79 Å². The molecule has 0 saturated carbocycles. The molecule has 1 aliphatic heterocycles. The Morgan fingerprint density at radius 2 is 1.92 bits per heavy atom. The fourth-order valence-corrected chi connectivity index (χ4v) is 3.01. The lowest BCUT2D eigenvalue weighted by Gasteiger charge is -2.13. The highest BCUT2D eigenvalue weighted by Crippen LogP contribution is 2.25. The smallest absolute Gasteiger partial charge is 0.253 e. The standard InChI is InChI=1S/C18H19ClN4O2/c1-20-17(24)13-7-2-3-8-14(13)21-18(25)16-10-15(22-23-16)11-5-4-6-12(19)9-11/h2-9,15-16,22-23H,10H2,1H3,(H,20,24)(H,21,25). The number of carbonyl (C=O) groups is 2. The van der Waals surface area contributed by atoms with Crippen molar-refractivity contribution in [3.63, 3.8) is 0 Å². The molecular formula is C18H19ClN4O2. The number of para-hydroxylation sites is 1. The van der Waals surface area contributed by atoms with Gasteiger partial charge in [0.2, 0.25) is 5.91 Å². The number of halogens is 1. The van der Waals surface area contributed by atoms with Gasteiger partial charge in [-0.05, 0) is 36.2 Å². The molecule has 0 bridgehead atoms. The number of rotatable bonds is 4. The second-order valence-electron chi connectivity index (χ2n) is 5.80. The molecule has 0 aromatic heterocycles. The zero-order chi connectivity index (χ0) is 17.8. The molecule has 3 rings (SSSR count). The van der Waals surface area contributed by atoms with E-state index in [0.717, 1.165) is 5.56 Å². The first-order valence-electron chi connectivity index (χ1n) is 7.97. The van der Waals surface area contributed by atoms with E-state index in [1.54, 1.807) is 31.3 Å². The van der Waals surface area contributed by atoms with Crippen molar-refractivity contribution in [2.75, 3.05) is 12.4 Å². The molecule has 2 unspecified atom stereocenters. The van der Waals surface area contributed by atoms with Crippen LogP contribution >= 0.6 is 11.6 Å². The van der Waals surface area contributed by atoms with Crippen molar-refractivity contribution in [1.82, 2.24) is 16.2 Å². The highest BCUT2D eigenvalue weighted by molar-refractivity contribution is 6.30. The third kappa shape index (κ3) is 3.99. The van der Waals surface area contributed by atoms with E-state index in [1.165, 1.54) is 0 Å². The van der Waals surface area contributed by atoms with Gasteiger partial charge >= 0.3 is 0 Å². The van der Waals surface area contributed by atoms with Gasteiger partial charge in [0.1, 0.15) is 6.04 Å². The number of carbonyl (C=O) groups excluding carboxylic acids is 2. The lowest BCUT2D eigenvalue weighted by molar-refractivity contribution is -0.117. The molecule has 6 nitrogen and oxygen atoms in total. The Morgan fingerprint density at radius 1 is 1.12 bits per heavy atom. The molecule has 2 aromatic carbocycles. The van der Waals surface area contributed by atoms with Crippen molar-refractivity contribution in [2.45, 2.75) is 18.5 Å². The molecule has 1 aliphatic rings. The van der Waals surface area contributed by atoms with E-state index in [2.05, 4.69) is 21.5 Å². The van der Waals surface area contributed by atoms with Gasteiger partial charge in [-0.2, -0.15) is 0 Å². The number of nitrogens with one attached hydrogen (secondary N) is 4. The summed E-state index contributed by atoms with van der Waals surface area (Å²) in [6.07, 6.45) is 0.578. The van der Waals surface area contributed by atoms with Crippen molar-refractivity contribution < 1.29 is 9.59 Å². The molecule has 0 radical (unpaired) electrons. The molecule has 0 aliphatic carbocycles.